The fourth-order valence-corrected chi connectivity index (χ4v) is 2.38. The van der Waals surface area contributed by atoms with Gasteiger partial charge in [-0.1, -0.05) is 23.5 Å². The van der Waals surface area contributed by atoms with Crippen LogP contribution in [0.15, 0.2) is 4.99 Å². The highest BCUT2D eigenvalue weighted by molar-refractivity contribution is 8.39. The number of thioether (sulfide) groups is 2. The Morgan fingerprint density at radius 1 is 1.80 bits per heavy atom. The Kier molecular flexibility index (Phi) is 4.25. The molecule has 0 spiro atoms. The third-order valence-electron chi connectivity index (χ3n) is 1.03. The van der Waals surface area contributed by atoms with Gasteiger partial charge in [-0.05, 0) is 6.92 Å². The van der Waals surface area contributed by atoms with Crippen molar-refractivity contribution in [1.29, 1.82) is 0 Å². The third kappa shape index (κ3) is 2.94. The van der Waals surface area contributed by atoms with Gasteiger partial charge in [0.15, 0.2) is 0 Å². The van der Waals surface area contributed by atoms with Gasteiger partial charge in [-0.2, -0.15) is 0 Å². The molecule has 10 heavy (non-hydrogen) atoms. The van der Waals surface area contributed by atoms with E-state index in [1.807, 2.05) is 18.7 Å². The van der Waals surface area contributed by atoms with Crippen LogP contribution in [0.1, 0.15) is 6.92 Å². The SMILES string of the molecule is CCOCSC1=NCCS1. The van der Waals surface area contributed by atoms with Crippen LogP contribution in [0.25, 0.3) is 0 Å². The molecule has 1 heterocycles. The van der Waals surface area contributed by atoms with Crippen LogP contribution in [-0.2, 0) is 4.74 Å². The Bertz CT molecular complexity index is 127. The van der Waals surface area contributed by atoms with E-state index in [9.17, 15) is 0 Å². The van der Waals surface area contributed by atoms with Gasteiger partial charge in [0.1, 0.15) is 4.38 Å². The summed E-state index contributed by atoms with van der Waals surface area (Å²) in [5, 5.41) is 0. The maximum Gasteiger partial charge on any atom is 0.126 e. The Balaban J connectivity index is 2.01. The zero-order chi connectivity index (χ0) is 7.23. The summed E-state index contributed by atoms with van der Waals surface area (Å²) in [6.07, 6.45) is 0. The molecule has 1 aliphatic rings. The summed E-state index contributed by atoms with van der Waals surface area (Å²) in [6.45, 7) is 3.79. The van der Waals surface area contributed by atoms with Gasteiger partial charge < -0.3 is 4.74 Å². The molecule has 0 amide bonds. The second-order valence-electron chi connectivity index (χ2n) is 1.75. The van der Waals surface area contributed by atoms with E-state index in [0.29, 0.717) is 0 Å². The predicted molar refractivity (Wildman–Crippen MR) is 48.8 cm³/mol. The van der Waals surface area contributed by atoms with Crippen LogP contribution in [0.2, 0.25) is 0 Å². The molecule has 0 atom stereocenters. The minimum absolute atomic E-state index is 0.752. The van der Waals surface area contributed by atoms with Gasteiger partial charge in [0.05, 0.1) is 12.5 Å². The van der Waals surface area contributed by atoms with Crippen LogP contribution in [0, 0.1) is 0 Å². The summed E-state index contributed by atoms with van der Waals surface area (Å²) in [5.74, 6) is 1.90. The smallest absolute Gasteiger partial charge is 0.126 e. The average Bonchev–Trinajstić information content (AvgIpc) is 2.41. The van der Waals surface area contributed by atoms with Gasteiger partial charge in [-0.15, -0.1) is 0 Å². The molecule has 4 heteroatoms. The van der Waals surface area contributed by atoms with E-state index in [0.717, 1.165) is 24.8 Å². The zero-order valence-corrected chi connectivity index (χ0v) is 7.63. The van der Waals surface area contributed by atoms with Crippen LogP contribution in [0.3, 0.4) is 0 Å². The third-order valence-corrected chi connectivity index (χ3v) is 3.16. The molecule has 0 aromatic rings. The molecule has 0 aromatic heterocycles. The number of hydrogen-bond donors (Lipinski definition) is 0. The molecule has 0 aliphatic carbocycles. The Labute approximate surface area is 69.8 Å². The summed E-state index contributed by atoms with van der Waals surface area (Å²) in [6, 6.07) is 0. The molecule has 0 unspecified atom stereocenters. The van der Waals surface area contributed by atoms with Gasteiger partial charge in [0, 0.05) is 12.4 Å². The number of hydrogen-bond acceptors (Lipinski definition) is 4. The van der Waals surface area contributed by atoms with Crippen molar-refractivity contribution in [1.82, 2.24) is 0 Å². The quantitative estimate of drug-likeness (QED) is 0.485. The largest absolute Gasteiger partial charge is 0.371 e. The second kappa shape index (κ2) is 5.04. The molecule has 1 aliphatic heterocycles. The summed E-state index contributed by atoms with van der Waals surface area (Å²) >= 11 is 3.53. The van der Waals surface area contributed by atoms with Crippen LogP contribution in [0.5, 0.6) is 0 Å². The van der Waals surface area contributed by atoms with Gasteiger partial charge in [0.2, 0.25) is 0 Å². The predicted octanol–water partition coefficient (Wildman–Crippen LogP) is 1.82. The Morgan fingerprint density at radius 3 is 3.30 bits per heavy atom. The van der Waals surface area contributed by atoms with E-state index in [4.69, 9.17) is 4.74 Å². The highest BCUT2D eigenvalue weighted by Gasteiger charge is 2.06. The van der Waals surface area contributed by atoms with Crippen LogP contribution in [-0.4, -0.2) is 29.2 Å². The highest BCUT2D eigenvalue weighted by Crippen LogP contribution is 2.21. The number of ether oxygens (including phenoxy) is 1. The van der Waals surface area contributed by atoms with Crippen molar-refractivity contribution in [2.24, 2.45) is 4.99 Å². The summed E-state index contributed by atoms with van der Waals surface area (Å²) < 4.78 is 6.35. The molecule has 0 radical (unpaired) electrons. The normalized spacial score (nSPS) is 17.5. The van der Waals surface area contributed by atoms with Gasteiger partial charge in [-0.25, -0.2) is 0 Å². The van der Waals surface area contributed by atoms with Crippen molar-refractivity contribution < 1.29 is 4.74 Å². The molecule has 0 saturated carbocycles. The van der Waals surface area contributed by atoms with Gasteiger partial charge >= 0.3 is 0 Å². The molecule has 1 rings (SSSR count). The monoisotopic (exact) mass is 177 g/mol. The van der Waals surface area contributed by atoms with E-state index in [-0.39, 0.29) is 0 Å². The highest BCUT2D eigenvalue weighted by atomic mass is 32.2. The van der Waals surface area contributed by atoms with Gasteiger partial charge in [0.25, 0.3) is 0 Å². The first-order chi connectivity index (χ1) is 4.93. The maximum absolute atomic E-state index is 5.16. The number of nitrogens with zero attached hydrogens (tertiary/aromatic N) is 1. The van der Waals surface area contributed by atoms with Crippen molar-refractivity contribution in [3.8, 4) is 0 Å². The molecule has 0 bridgehead atoms. The van der Waals surface area contributed by atoms with E-state index in [1.165, 1.54) is 4.38 Å². The van der Waals surface area contributed by atoms with Crippen molar-refractivity contribution in [3.05, 3.63) is 0 Å². The first kappa shape index (κ1) is 8.43. The lowest BCUT2D eigenvalue weighted by Crippen LogP contribution is -1.90. The molecular formula is C6H11NOS2. The first-order valence-corrected chi connectivity index (χ1v) is 5.28. The van der Waals surface area contributed by atoms with E-state index in [2.05, 4.69) is 4.99 Å². The molecule has 58 valence electrons. The van der Waals surface area contributed by atoms with Crippen molar-refractivity contribution in [2.75, 3.05) is 24.8 Å². The fourth-order valence-electron chi connectivity index (χ4n) is 0.578. The van der Waals surface area contributed by atoms with Crippen molar-refractivity contribution in [3.63, 3.8) is 0 Å². The maximum atomic E-state index is 5.16. The van der Waals surface area contributed by atoms with Crippen molar-refractivity contribution in [2.45, 2.75) is 6.92 Å². The molecule has 0 fully saturated rings. The van der Waals surface area contributed by atoms with Crippen LogP contribution in [0.4, 0.5) is 0 Å². The lowest BCUT2D eigenvalue weighted by Gasteiger charge is -1.98. The molecule has 0 N–H and O–H groups in total. The lowest BCUT2D eigenvalue weighted by atomic mass is 10.8. The lowest BCUT2D eigenvalue weighted by molar-refractivity contribution is 0.200. The summed E-state index contributed by atoms with van der Waals surface area (Å²) in [5.41, 5.74) is 0. The molecular weight excluding hydrogens is 166 g/mol. The number of rotatable bonds is 3. The molecule has 2 nitrogen and oxygen atoms in total. The average molecular weight is 177 g/mol. The van der Waals surface area contributed by atoms with Crippen molar-refractivity contribution >= 4 is 27.9 Å². The fraction of sp³-hybridized carbons (Fsp3) is 0.833. The van der Waals surface area contributed by atoms with Crippen LogP contribution < -0.4 is 0 Å². The standard InChI is InChI=1S/C6H11NOS2/c1-2-8-5-10-6-7-3-4-9-6/h2-5H2,1H3. The number of aliphatic imine (C=N–C) groups is 1. The van der Waals surface area contributed by atoms with E-state index in [1.54, 1.807) is 11.8 Å². The Morgan fingerprint density at radius 2 is 2.70 bits per heavy atom. The minimum Gasteiger partial charge on any atom is -0.371 e. The van der Waals surface area contributed by atoms with Crippen LogP contribution >= 0.6 is 23.5 Å². The minimum atomic E-state index is 0.752. The molecule has 0 saturated heterocycles. The first-order valence-electron chi connectivity index (χ1n) is 3.31. The van der Waals surface area contributed by atoms with E-state index < -0.39 is 0 Å². The zero-order valence-electron chi connectivity index (χ0n) is 6.00. The summed E-state index contributed by atoms with van der Waals surface area (Å²) in [4.78, 5) is 4.27. The molecule has 0 aromatic carbocycles. The van der Waals surface area contributed by atoms with Gasteiger partial charge in [-0.3, -0.25) is 4.99 Å². The topological polar surface area (TPSA) is 21.6 Å². The second-order valence-corrected chi connectivity index (χ2v) is 4.00. The Hall–Kier alpha value is 0.330. The summed E-state index contributed by atoms with van der Waals surface area (Å²) in [7, 11) is 0. The van der Waals surface area contributed by atoms with E-state index >= 15 is 0 Å².